The number of nitrogens with two attached hydrogens (primary N) is 3. The molecule has 0 atom stereocenters. The molecule has 0 fully saturated rings. The lowest BCUT2D eigenvalue weighted by molar-refractivity contribution is -0.458. The first-order chi connectivity index (χ1) is 12.0. The molecule has 0 heterocycles. The van der Waals surface area contributed by atoms with Crippen LogP contribution in [0.3, 0.4) is 0 Å². The second-order valence-electron chi connectivity index (χ2n) is 5.45. The standard InChI is InChI=1S/C8H6F17N3Si/c9-1(10,3(13,14)5(17,18)7(21,22)23)2(11,12)4(15,16)6(19,20)8(24,25)29(26,27)28/h26-28H2. The molecule has 0 saturated carbocycles. The van der Waals surface area contributed by atoms with Crippen molar-refractivity contribution < 1.29 is 74.6 Å². The quantitative estimate of drug-likeness (QED) is 0.375. The zero-order chi connectivity index (χ0) is 24.5. The Kier molecular flexibility index (Phi) is 6.21. The van der Waals surface area contributed by atoms with Crippen LogP contribution in [0.15, 0.2) is 0 Å². The van der Waals surface area contributed by atoms with Crippen molar-refractivity contribution in [1.29, 1.82) is 0 Å². The van der Waals surface area contributed by atoms with Gasteiger partial charge >= 0.3 is 55.8 Å². The van der Waals surface area contributed by atoms with Gasteiger partial charge in [-0.1, -0.05) is 0 Å². The molecule has 0 spiro atoms. The van der Waals surface area contributed by atoms with E-state index in [4.69, 9.17) is 0 Å². The normalized spacial score (nSPS) is 17.0. The van der Waals surface area contributed by atoms with Crippen LogP contribution in [0.2, 0.25) is 0 Å². The van der Waals surface area contributed by atoms with Gasteiger partial charge in [0, 0.05) is 0 Å². The molecule has 0 aromatic rings. The second-order valence-corrected chi connectivity index (χ2v) is 7.95. The molecule has 0 radical (unpaired) electrons. The van der Waals surface area contributed by atoms with Crippen molar-refractivity contribution >= 4 is 8.56 Å². The molecule has 0 aromatic carbocycles. The Morgan fingerprint density at radius 1 is 0.345 bits per heavy atom. The summed E-state index contributed by atoms with van der Waals surface area (Å²) in [5.41, 5.74) is -6.90. The lowest BCUT2D eigenvalue weighted by Crippen LogP contribution is -2.85. The Labute approximate surface area is 148 Å². The monoisotopic (exact) mass is 495 g/mol. The van der Waals surface area contributed by atoms with Crippen LogP contribution in [-0.2, 0) is 0 Å². The summed E-state index contributed by atoms with van der Waals surface area (Å²) in [6.07, 6.45) is -7.80. The van der Waals surface area contributed by atoms with Gasteiger partial charge in [0.15, 0.2) is 0 Å². The Bertz CT molecular complexity index is 565. The van der Waals surface area contributed by atoms with Gasteiger partial charge in [-0.25, -0.2) is 0 Å². The summed E-state index contributed by atoms with van der Waals surface area (Å²) < 4.78 is 218. The molecule has 0 aliphatic carbocycles. The van der Waals surface area contributed by atoms with E-state index in [0.717, 1.165) is 0 Å². The van der Waals surface area contributed by atoms with E-state index < -0.39 is 55.8 Å². The van der Waals surface area contributed by atoms with Crippen LogP contribution in [0.4, 0.5) is 74.6 Å². The lowest BCUT2D eigenvalue weighted by atomic mass is 9.91. The molecule has 0 saturated heterocycles. The molecule has 3 nitrogen and oxygen atoms in total. The average molecular weight is 495 g/mol. The van der Waals surface area contributed by atoms with Crippen molar-refractivity contribution in [2.75, 3.05) is 0 Å². The van der Waals surface area contributed by atoms with Gasteiger partial charge in [0.05, 0.1) is 0 Å². The van der Waals surface area contributed by atoms with Crippen LogP contribution in [0.5, 0.6) is 0 Å². The van der Waals surface area contributed by atoms with Gasteiger partial charge in [-0.05, 0) is 0 Å². The maximum atomic E-state index is 13.3. The fourth-order valence-corrected chi connectivity index (χ4v) is 2.14. The maximum Gasteiger partial charge on any atom is 0.460 e. The summed E-state index contributed by atoms with van der Waals surface area (Å²) in [5, 5.41) is 12.1. The highest BCUT2D eigenvalue weighted by Gasteiger charge is 2.96. The van der Waals surface area contributed by atoms with Gasteiger partial charge in [0.2, 0.25) is 0 Å². The highest BCUT2D eigenvalue weighted by atomic mass is 28.4. The number of halogens is 17. The minimum atomic E-state index is -8.69. The zero-order valence-electron chi connectivity index (χ0n) is 12.7. The third kappa shape index (κ3) is 3.32. The van der Waals surface area contributed by atoms with E-state index in [2.05, 4.69) is 16.2 Å². The van der Waals surface area contributed by atoms with Gasteiger partial charge in [0.25, 0.3) is 0 Å². The van der Waals surface area contributed by atoms with Crippen LogP contribution in [0.25, 0.3) is 0 Å². The van der Waals surface area contributed by atoms with Crippen molar-refractivity contribution in [2.24, 2.45) is 16.2 Å². The predicted molar refractivity (Wildman–Crippen MR) is 59.0 cm³/mol. The molecule has 21 heteroatoms. The van der Waals surface area contributed by atoms with Crippen molar-refractivity contribution in [3.05, 3.63) is 0 Å². The Morgan fingerprint density at radius 2 is 0.552 bits per heavy atom. The molecule has 0 bridgehead atoms. The van der Waals surface area contributed by atoms with Crippen LogP contribution in [0, 0.1) is 0 Å². The summed E-state index contributed by atoms with van der Waals surface area (Å²) in [5.74, 6) is -50.5. The number of hydrogen-bond acceptors (Lipinski definition) is 3. The first-order valence-corrected chi connectivity index (χ1v) is 8.31. The average Bonchev–Trinajstić information content (AvgIpc) is 2.43. The third-order valence-corrected chi connectivity index (χ3v) is 4.67. The molecule has 0 unspecified atom stereocenters. The smallest absolute Gasteiger partial charge is 0.323 e. The van der Waals surface area contributed by atoms with Gasteiger partial charge in [-0.3, -0.25) is 0 Å². The van der Waals surface area contributed by atoms with Crippen molar-refractivity contribution in [3.63, 3.8) is 0 Å². The van der Waals surface area contributed by atoms with Crippen molar-refractivity contribution in [1.82, 2.24) is 0 Å². The fourth-order valence-electron chi connectivity index (χ4n) is 1.44. The molecule has 0 amide bonds. The Morgan fingerprint density at radius 3 is 0.759 bits per heavy atom. The first-order valence-electron chi connectivity index (χ1n) is 6.08. The summed E-state index contributed by atoms with van der Waals surface area (Å²) in [6.45, 7) is 0. The van der Waals surface area contributed by atoms with E-state index in [1.807, 2.05) is 0 Å². The summed E-state index contributed by atoms with van der Waals surface area (Å²) in [7, 11) is -6.54. The van der Waals surface area contributed by atoms with Gasteiger partial charge in [-0.15, -0.1) is 0 Å². The lowest BCUT2D eigenvalue weighted by Gasteiger charge is -2.44. The SMILES string of the molecule is N[Si](N)(N)C(F)(F)C(F)(F)C(F)(F)C(F)(F)C(F)(F)C(F)(F)C(F)(F)C(F)(F)F. The zero-order valence-corrected chi connectivity index (χ0v) is 13.7. The third-order valence-electron chi connectivity index (χ3n) is 3.27. The van der Waals surface area contributed by atoms with E-state index >= 15 is 0 Å². The summed E-state index contributed by atoms with van der Waals surface area (Å²) in [4.78, 5) is 0. The fraction of sp³-hybridized carbons (Fsp3) is 1.00. The van der Waals surface area contributed by atoms with Crippen LogP contribution < -0.4 is 16.2 Å². The van der Waals surface area contributed by atoms with Gasteiger partial charge < -0.3 is 16.2 Å². The Hall–Kier alpha value is -1.09. The van der Waals surface area contributed by atoms with E-state index in [9.17, 15) is 74.6 Å². The molecule has 176 valence electrons. The van der Waals surface area contributed by atoms with Crippen LogP contribution in [0.1, 0.15) is 0 Å². The maximum absolute atomic E-state index is 13.3. The van der Waals surface area contributed by atoms with Crippen molar-refractivity contribution in [3.8, 4) is 0 Å². The number of hydrogen-bond donors (Lipinski definition) is 3. The highest BCUT2D eigenvalue weighted by molar-refractivity contribution is 6.73. The Balaban J connectivity index is 6.82. The van der Waals surface area contributed by atoms with Gasteiger partial charge in [-0.2, -0.15) is 74.6 Å². The van der Waals surface area contributed by atoms with E-state index in [-0.39, 0.29) is 0 Å². The molecule has 0 rings (SSSR count). The van der Waals surface area contributed by atoms with E-state index in [1.54, 1.807) is 0 Å². The molecule has 0 aliphatic heterocycles. The molecule has 0 aliphatic rings. The van der Waals surface area contributed by atoms with E-state index in [0.29, 0.717) is 0 Å². The molecule has 6 N–H and O–H groups in total. The highest BCUT2D eigenvalue weighted by Crippen LogP contribution is 2.64. The topological polar surface area (TPSA) is 78.1 Å². The molecule has 29 heavy (non-hydrogen) atoms. The molecule has 0 aromatic heterocycles. The van der Waals surface area contributed by atoms with Crippen LogP contribution in [-0.4, -0.2) is 55.8 Å². The largest absolute Gasteiger partial charge is 0.460 e. The van der Waals surface area contributed by atoms with E-state index in [1.165, 1.54) is 0 Å². The minimum Gasteiger partial charge on any atom is -0.323 e. The minimum absolute atomic E-state index is 4.04. The molecular formula is C8H6F17N3Si. The summed E-state index contributed by atoms with van der Waals surface area (Å²) >= 11 is 0. The summed E-state index contributed by atoms with van der Waals surface area (Å²) in [6, 6.07) is 0. The number of rotatable bonds is 7. The van der Waals surface area contributed by atoms with Gasteiger partial charge in [0.1, 0.15) is 0 Å². The van der Waals surface area contributed by atoms with Crippen molar-refractivity contribution in [2.45, 2.75) is 47.3 Å². The molecular weight excluding hydrogens is 489 g/mol. The second kappa shape index (κ2) is 6.45. The number of alkyl halides is 17. The first kappa shape index (κ1) is 27.9. The predicted octanol–water partition coefficient (Wildman–Crippen LogP) is 3.35. The van der Waals surface area contributed by atoms with Crippen LogP contribution >= 0.6 is 0 Å².